The molecule has 0 saturated heterocycles. The molecule has 0 aliphatic rings. The molecule has 1 unspecified atom stereocenters. The SMILES string of the molecule is CNC(C)C.COC(=O)C(C)SC=O. The van der Waals surface area contributed by atoms with Gasteiger partial charge in [-0.25, -0.2) is 0 Å². The molecule has 0 heterocycles. The van der Waals surface area contributed by atoms with Crippen LogP contribution in [0.25, 0.3) is 0 Å². The first-order valence-corrected chi connectivity index (χ1v) is 5.28. The van der Waals surface area contributed by atoms with Crippen LogP contribution >= 0.6 is 11.8 Å². The maximum absolute atomic E-state index is 10.5. The van der Waals surface area contributed by atoms with Crippen molar-refractivity contribution in [1.82, 2.24) is 5.32 Å². The van der Waals surface area contributed by atoms with Crippen LogP contribution in [0.4, 0.5) is 0 Å². The monoisotopic (exact) mass is 221 g/mol. The average Bonchev–Trinajstić information content (AvgIpc) is 2.17. The summed E-state index contributed by atoms with van der Waals surface area (Å²) < 4.78 is 4.35. The number of carbonyl (C=O) groups excluding carboxylic acids is 2. The fourth-order valence-corrected chi connectivity index (χ4v) is 0.679. The van der Waals surface area contributed by atoms with Crippen LogP contribution < -0.4 is 5.32 Å². The summed E-state index contributed by atoms with van der Waals surface area (Å²) in [6.45, 7) is 5.84. The normalized spacial score (nSPS) is 11.3. The molecule has 0 aromatic heterocycles. The van der Waals surface area contributed by atoms with Crippen LogP contribution in [0.5, 0.6) is 0 Å². The van der Waals surface area contributed by atoms with Gasteiger partial charge in [-0.3, -0.25) is 9.59 Å². The Bertz CT molecular complexity index is 162. The molecule has 4 nitrogen and oxygen atoms in total. The van der Waals surface area contributed by atoms with Crippen molar-refractivity contribution in [3.8, 4) is 0 Å². The largest absolute Gasteiger partial charge is 0.468 e. The van der Waals surface area contributed by atoms with Gasteiger partial charge in [-0.05, 0) is 14.0 Å². The first-order valence-electron chi connectivity index (χ1n) is 4.33. The average molecular weight is 221 g/mol. The molecule has 0 saturated carbocycles. The van der Waals surface area contributed by atoms with E-state index in [2.05, 4.69) is 23.9 Å². The van der Waals surface area contributed by atoms with Crippen molar-refractivity contribution in [1.29, 1.82) is 0 Å². The number of rotatable bonds is 4. The standard InChI is InChI=1S/C5H8O3S.C4H11N/c1-4(9-3-6)5(7)8-2;1-4(2)5-3/h3-4H,1-2H3;4-5H,1-3H3. The zero-order valence-corrected chi connectivity index (χ0v) is 10.2. The van der Waals surface area contributed by atoms with Gasteiger partial charge in [0.25, 0.3) is 0 Å². The lowest BCUT2D eigenvalue weighted by molar-refractivity contribution is -0.139. The number of esters is 1. The molecular formula is C9H19NO3S. The fourth-order valence-electron chi connectivity index (χ4n) is 0.305. The second-order valence-corrected chi connectivity index (χ2v) is 4.01. The molecule has 1 N–H and O–H groups in total. The van der Waals surface area contributed by atoms with Gasteiger partial charge < -0.3 is 10.1 Å². The van der Waals surface area contributed by atoms with Crippen LogP contribution in [-0.2, 0) is 14.3 Å². The zero-order valence-electron chi connectivity index (χ0n) is 9.37. The first-order chi connectivity index (χ1) is 6.49. The minimum Gasteiger partial charge on any atom is -0.468 e. The summed E-state index contributed by atoms with van der Waals surface area (Å²) in [5.74, 6) is -0.368. The Balaban J connectivity index is 0. The summed E-state index contributed by atoms with van der Waals surface area (Å²) in [6, 6.07) is 0.634. The van der Waals surface area contributed by atoms with Crippen molar-refractivity contribution in [3.05, 3.63) is 0 Å². The third kappa shape index (κ3) is 11.4. The van der Waals surface area contributed by atoms with E-state index in [1.165, 1.54) is 7.11 Å². The molecular weight excluding hydrogens is 202 g/mol. The van der Waals surface area contributed by atoms with Gasteiger partial charge in [0.1, 0.15) is 5.25 Å². The number of methoxy groups -OCH3 is 1. The predicted molar refractivity (Wildman–Crippen MR) is 60.0 cm³/mol. The van der Waals surface area contributed by atoms with Gasteiger partial charge in [0.15, 0.2) is 5.62 Å². The highest BCUT2D eigenvalue weighted by Gasteiger charge is 2.11. The fraction of sp³-hybridized carbons (Fsp3) is 0.778. The smallest absolute Gasteiger partial charge is 0.318 e. The molecule has 0 aromatic rings. The zero-order chi connectivity index (χ0) is 11.6. The van der Waals surface area contributed by atoms with Gasteiger partial charge in [-0.2, -0.15) is 0 Å². The maximum atomic E-state index is 10.5. The third-order valence-corrected chi connectivity index (χ3v) is 2.08. The van der Waals surface area contributed by atoms with E-state index in [0.29, 0.717) is 11.7 Å². The Morgan fingerprint density at radius 3 is 2.07 bits per heavy atom. The summed E-state index contributed by atoms with van der Waals surface area (Å²) in [6.07, 6.45) is 0. The molecule has 0 fully saturated rings. The van der Waals surface area contributed by atoms with Crippen molar-refractivity contribution in [2.24, 2.45) is 0 Å². The third-order valence-electron chi connectivity index (χ3n) is 1.37. The highest BCUT2D eigenvalue weighted by molar-refractivity contribution is 8.12. The van der Waals surface area contributed by atoms with Crippen LogP contribution in [0.2, 0.25) is 0 Å². The summed E-state index contributed by atoms with van der Waals surface area (Å²) in [5, 5.41) is 2.65. The number of thioether (sulfide) groups is 1. The van der Waals surface area contributed by atoms with E-state index in [1.807, 2.05) is 7.05 Å². The molecule has 0 aliphatic heterocycles. The summed E-state index contributed by atoms with van der Waals surface area (Å²) >= 11 is 0.909. The molecule has 1 atom stereocenters. The van der Waals surface area contributed by atoms with E-state index in [4.69, 9.17) is 0 Å². The van der Waals surface area contributed by atoms with Crippen LogP contribution in [0.3, 0.4) is 0 Å². The minimum atomic E-state index is -0.382. The summed E-state index contributed by atoms with van der Waals surface area (Å²) in [4.78, 5) is 20.3. The molecule has 0 spiro atoms. The van der Waals surface area contributed by atoms with E-state index >= 15 is 0 Å². The Morgan fingerprint density at radius 1 is 1.43 bits per heavy atom. The Hall–Kier alpha value is -0.550. The number of ether oxygens (including phenoxy) is 1. The summed E-state index contributed by atoms with van der Waals surface area (Å²) in [5.41, 5.74) is 0.627. The van der Waals surface area contributed by atoms with Gasteiger partial charge in [0.2, 0.25) is 0 Å². The molecule has 0 bridgehead atoms. The molecule has 0 radical (unpaired) electrons. The van der Waals surface area contributed by atoms with Crippen molar-refractivity contribution < 1.29 is 14.3 Å². The van der Waals surface area contributed by atoms with E-state index in [9.17, 15) is 9.59 Å². The second-order valence-electron chi connectivity index (χ2n) is 2.84. The Kier molecular flexibility index (Phi) is 12.0. The lowest BCUT2D eigenvalue weighted by atomic mass is 10.4. The number of nitrogens with one attached hydrogen (secondary N) is 1. The van der Waals surface area contributed by atoms with Crippen LogP contribution in [-0.4, -0.2) is 37.0 Å². The van der Waals surface area contributed by atoms with Crippen molar-refractivity contribution >= 4 is 23.3 Å². The van der Waals surface area contributed by atoms with Crippen molar-refractivity contribution in [2.75, 3.05) is 14.2 Å². The molecule has 0 amide bonds. The first kappa shape index (κ1) is 15.9. The van der Waals surface area contributed by atoms with E-state index in [-0.39, 0.29) is 11.2 Å². The highest BCUT2D eigenvalue weighted by atomic mass is 32.2. The molecule has 84 valence electrons. The van der Waals surface area contributed by atoms with Gasteiger partial charge in [-0.1, -0.05) is 25.6 Å². The lowest BCUT2D eigenvalue weighted by Crippen LogP contribution is -2.15. The van der Waals surface area contributed by atoms with Crippen LogP contribution in [0.1, 0.15) is 20.8 Å². The molecule has 0 aliphatic carbocycles. The molecule has 5 heteroatoms. The van der Waals surface area contributed by atoms with Crippen LogP contribution in [0, 0.1) is 0 Å². The van der Waals surface area contributed by atoms with Crippen molar-refractivity contribution in [3.63, 3.8) is 0 Å². The number of hydrogen-bond acceptors (Lipinski definition) is 5. The predicted octanol–water partition coefficient (Wildman–Crippen LogP) is 1.09. The second kappa shape index (κ2) is 10.5. The Labute approximate surface area is 89.8 Å². The quantitative estimate of drug-likeness (QED) is 0.569. The Morgan fingerprint density at radius 2 is 1.86 bits per heavy atom. The molecule has 0 aromatic carbocycles. The molecule has 0 rings (SSSR count). The molecule has 14 heavy (non-hydrogen) atoms. The topological polar surface area (TPSA) is 55.4 Å². The maximum Gasteiger partial charge on any atom is 0.318 e. The van der Waals surface area contributed by atoms with E-state index in [0.717, 1.165) is 11.8 Å². The summed E-state index contributed by atoms with van der Waals surface area (Å²) in [7, 11) is 3.24. The van der Waals surface area contributed by atoms with Crippen molar-refractivity contribution in [2.45, 2.75) is 32.1 Å². The van der Waals surface area contributed by atoms with E-state index in [1.54, 1.807) is 6.92 Å². The van der Waals surface area contributed by atoms with Gasteiger partial charge in [0.05, 0.1) is 7.11 Å². The van der Waals surface area contributed by atoms with E-state index < -0.39 is 0 Å². The lowest BCUT2D eigenvalue weighted by Gasteiger charge is -2.01. The highest BCUT2D eigenvalue weighted by Crippen LogP contribution is 2.06. The van der Waals surface area contributed by atoms with Gasteiger partial charge >= 0.3 is 5.97 Å². The van der Waals surface area contributed by atoms with Gasteiger partial charge in [0, 0.05) is 6.04 Å². The van der Waals surface area contributed by atoms with Crippen LogP contribution in [0.15, 0.2) is 0 Å². The minimum absolute atomic E-state index is 0.368. The number of carbonyl (C=O) groups is 2. The van der Waals surface area contributed by atoms with Gasteiger partial charge in [-0.15, -0.1) is 0 Å². The number of hydrogen-bond donors (Lipinski definition) is 1.